The maximum atomic E-state index is 10.3. The average molecular weight is 1030 g/mol. The zero-order valence-corrected chi connectivity index (χ0v) is 36.5. The van der Waals surface area contributed by atoms with Gasteiger partial charge >= 0.3 is 11.9 Å². The number of hydrogen-bond acceptors (Lipinski definition) is 2. The summed E-state index contributed by atoms with van der Waals surface area (Å²) in [7, 11) is 0. The lowest BCUT2D eigenvalue weighted by molar-refractivity contribution is 0.0681. The Balaban J connectivity index is 0.000000218. The molecular formula is C32H10Cl16O4. The SMILES string of the molecule is Clc1ccc(-c2c(Cl)c(Cl)c(Cl)c(Cl)c2Cl)c(Cl)c1Cl.Clc1ccc(-c2c(Cl)c(Cl)c(Cl)c(Cl)c2Cl)c(Cl)c1Cl.O=C(O)c1ccc(C(=O)O)cc1. The summed E-state index contributed by atoms with van der Waals surface area (Å²) in [6.45, 7) is 0. The summed E-state index contributed by atoms with van der Waals surface area (Å²) in [6.07, 6.45) is 0. The van der Waals surface area contributed by atoms with Crippen LogP contribution in [-0.4, -0.2) is 22.2 Å². The van der Waals surface area contributed by atoms with Gasteiger partial charge in [0, 0.05) is 22.3 Å². The minimum atomic E-state index is -1.06. The zero-order chi connectivity index (χ0) is 39.5. The molecule has 0 aromatic heterocycles. The molecule has 0 radical (unpaired) electrons. The minimum absolute atomic E-state index is 0.0725. The molecule has 5 aromatic carbocycles. The molecule has 5 aromatic rings. The number of carboxylic acid groups (broad SMARTS) is 2. The molecule has 0 unspecified atom stereocenters. The quantitative estimate of drug-likeness (QED) is 0.139. The van der Waals surface area contributed by atoms with Crippen LogP contribution in [0.5, 0.6) is 0 Å². The van der Waals surface area contributed by atoms with Crippen molar-refractivity contribution >= 4 is 198 Å². The Bertz CT molecular complexity index is 2010. The van der Waals surface area contributed by atoms with Gasteiger partial charge < -0.3 is 10.2 Å². The first-order valence-corrected chi connectivity index (χ1v) is 19.1. The van der Waals surface area contributed by atoms with E-state index in [4.69, 9.17) is 196 Å². The Hall–Kier alpha value is -0.320. The summed E-state index contributed by atoms with van der Waals surface area (Å²) in [5, 5.41) is 19.3. The molecule has 0 aliphatic rings. The van der Waals surface area contributed by atoms with E-state index in [9.17, 15) is 9.59 Å². The topological polar surface area (TPSA) is 74.6 Å². The van der Waals surface area contributed by atoms with Crippen LogP contribution in [0.3, 0.4) is 0 Å². The second-order valence-electron chi connectivity index (χ2n) is 9.52. The summed E-state index contributed by atoms with van der Waals surface area (Å²) in [6, 6.07) is 11.4. The smallest absolute Gasteiger partial charge is 0.335 e. The summed E-state index contributed by atoms with van der Waals surface area (Å²) in [4.78, 5) is 20.7. The lowest BCUT2D eigenvalue weighted by Gasteiger charge is -2.14. The fourth-order valence-corrected chi connectivity index (χ4v) is 7.82. The number of carboxylic acids is 2. The molecule has 0 fully saturated rings. The van der Waals surface area contributed by atoms with Crippen molar-refractivity contribution in [1.82, 2.24) is 0 Å². The molecule has 0 aliphatic carbocycles. The molecule has 0 bridgehead atoms. The Morgan fingerprint density at radius 2 is 0.538 bits per heavy atom. The van der Waals surface area contributed by atoms with Gasteiger partial charge in [-0.05, 0) is 36.4 Å². The highest BCUT2D eigenvalue weighted by Crippen LogP contribution is 2.52. The first kappa shape index (κ1) is 46.1. The van der Waals surface area contributed by atoms with Gasteiger partial charge in [-0.2, -0.15) is 0 Å². The number of aromatic carboxylic acids is 2. The third-order valence-corrected chi connectivity index (χ3v) is 13.5. The van der Waals surface area contributed by atoms with Crippen LogP contribution in [0.15, 0.2) is 48.5 Å². The minimum Gasteiger partial charge on any atom is -0.478 e. The normalized spacial score (nSPS) is 10.6. The van der Waals surface area contributed by atoms with Crippen molar-refractivity contribution < 1.29 is 19.8 Å². The molecule has 0 spiro atoms. The van der Waals surface area contributed by atoms with E-state index in [2.05, 4.69) is 0 Å². The lowest BCUT2D eigenvalue weighted by atomic mass is 10.1. The predicted octanol–water partition coefficient (Wildman–Crippen LogP) is 18.2. The number of hydrogen-bond donors (Lipinski definition) is 2. The van der Waals surface area contributed by atoms with Gasteiger partial charge in [-0.15, -0.1) is 0 Å². The maximum absolute atomic E-state index is 10.3. The molecule has 2 N–H and O–H groups in total. The molecular weight excluding hydrogens is 1020 g/mol. The lowest BCUT2D eigenvalue weighted by Crippen LogP contribution is -1.99. The van der Waals surface area contributed by atoms with Gasteiger partial charge in [0.05, 0.1) is 91.5 Å². The number of halogens is 16. The number of benzene rings is 5. The van der Waals surface area contributed by atoms with Crippen LogP contribution in [0, 0.1) is 0 Å². The molecule has 52 heavy (non-hydrogen) atoms. The van der Waals surface area contributed by atoms with Crippen LogP contribution in [0.2, 0.25) is 80.4 Å². The molecule has 5 rings (SSSR count). The highest BCUT2D eigenvalue weighted by molar-refractivity contribution is 6.59. The van der Waals surface area contributed by atoms with Crippen LogP contribution in [0.1, 0.15) is 20.7 Å². The summed E-state index contributed by atoms with van der Waals surface area (Å²) < 4.78 is 0. The van der Waals surface area contributed by atoms with Crippen molar-refractivity contribution in [2.75, 3.05) is 0 Å². The van der Waals surface area contributed by atoms with Crippen molar-refractivity contribution in [3.8, 4) is 22.3 Å². The molecule has 0 amide bonds. The largest absolute Gasteiger partial charge is 0.478 e. The molecule has 0 saturated heterocycles. The van der Waals surface area contributed by atoms with Crippen LogP contribution in [0.25, 0.3) is 22.3 Å². The Labute approximate surface area is 375 Å². The second kappa shape index (κ2) is 19.7. The zero-order valence-electron chi connectivity index (χ0n) is 24.4. The van der Waals surface area contributed by atoms with Crippen molar-refractivity contribution in [3.63, 3.8) is 0 Å². The Morgan fingerprint density at radius 1 is 0.308 bits per heavy atom. The van der Waals surface area contributed by atoms with Gasteiger partial charge in [0.2, 0.25) is 0 Å². The Morgan fingerprint density at radius 3 is 0.769 bits per heavy atom. The molecule has 20 heteroatoms. The van der Waals surface area contributed by atoms with Crippen LogP contribution in [-0.2, 0) is 0 Å². The fourth-order valence-electron chi connectivity index (χ4n) is 3.88. The predicted molar refractivity (Wildman–Crippen MR) is 224 cm³/mol. The first-order valence-electron chi connectivity index (χ1n) is 13.0. The first-order chi connectivity index (χ1) is 24.1. The second-order valence-corrected chi connectivity index (χ2v) is 15.6. The van der Waals surface area contributed by atoms with E-state index >= 15 is 0 Å². The van der Waals surface area contributed by atoms with Crippen molar-refractivity contribution in [1.29, 1.82) is 0 Å². The third-order valence-electron chi connectivity index (χ3n) is 6.41. The van der Waals surface area contributed by atoms with E-state index in [0.717, 1.165) is 0 Å². The van der Waals surface area contributed by atoms with E-state index in [0.29, 0.717) is 32.3 Å². The van der Waals surface area contributed by atoms with Crippen LogP contribution >= 0.6 is 186 Å². The molecule has 4 nitrogen and oxygen atoms in total. The van der Waals surface area contributed by atoms with E-state index in [1.807, 2.05) is 0 Å². The fraction of sp³-hybridized carbons (Fsp3) is 0. The van der Waals surface area contributed by atoms with E-state index in [-0.39, 0.29) is 81.4 Å². The van der Waals surface area contributed by atoms with E-state index < -0.39 is 11.9 Å². The molecule has 0 atom stereocenters. The summed E-state index contributed by atoms with van der Waals surface area (Å²) >= 11 is 96.8. The average Bonchev–Trinajstić information content (AvgIpc) is 3.12. The molecule has 0 heterocycles. The molecule has 0 aliphatic heterocycles. The standard InChI is InChI=1S/2C12H2Cl8.C8H6O4/c2*13-4-2-1-3(6(14)7(4)15)5-8(16)10(18)12(20)11(19)9(5)17;9-7(10)5-1-2-6(4-3-5)8(11)12/h2*1-2H;1-4H,(H,9,10)(H,11,12). The monoisotopic (exact) mass is 1020 g/mol. The van der Waals surface area contributed by atoms with Gasteiger partial charge in [-0.3, -0.25) is 0 Å². The van der Waals surface area contributed by atoms with Crippen LogP contribution < -0.4 is 0 Å². The van der Waals surface area contributed by atoms with Crippen LogP contribution in [0.4, 0.5) is 0 Å². The third kappa shape index (κ3) is 10.2. The van der Waals surface area contributed by atoms with Crippen molar-refractivity contribution in [2.45, 2.75) is 0 Å². The van der Waals surface area contributed by atoms with Gasteiger partial charge in [0.25, 0.3) is 0 Å². The van der Waals surface area contributed by atoms with Gasteiger partial charge in [0.1, 0.15) is 0 Å². The van der Waals surface area contributed by atoms with Gasteiger partial charge in [-0.25, -0.2) is 9.59 Å². The number of rotatable bonds is 4. The van der Waals surface area contributed by atoms with Crippen molar-refractivity contribution in [3.05, 3.63) is 140 Å². The van der Waals surface area contributed by atoms with E-state index in [1.54, 1.807) is 24.3 Å². The summed E-state index contributed by atoms with van der Waals surface area (Å²) in [5.41, 5.74) is 1.76. The molecule has 0 saturated carbocycles. The molecule has 274 valence electrons. The van der Waals surface area contributed by atoms with E-state index in [1.165, 1.54) is 24.3 Å². The van der Waals surface area contributed by atoms with Gasteiger partial charge in [0.15, 0.2) is 0 Å². The van der Waals surface area contributed by atoms with Gasteiger partial charge in [-0.1, -0.05) is 198 Å². The Kier molecular flexibility index (Phi) is 17.5. The van der Waals surface area contributed by atoms with Crippen molar-refractivity contribution in [2.24, 2.45) is 0 Å². The highest BCUT2D eigenvalue weighted by atomic mass is 35.5. The number of carbonyl (C=O) groups is 2. The highest BCUT2D eigenvalue weighted by Gasteiger charge is 2.24. The summed E-state index contributed by atoms with van der Waals surface area (Å²) in [5.74, 6) is -2.13. The maximum Gasteiger partial charge on any atom is 0.335 e.